The molecule has 3 aromatic rings. The minimum absolute atomic E-state index is 0.310. The summed E-state index contributed by atoms with van der Waals surface area (Å²) in [4.78, 5) is 8.77. The maximum Gasteiger partial charge on any atom is 0.170 e. The molecule has 0 spiro atoms. The third-order valence-electron chi connectivity index (χ3n) is 5.30. The summed E-state index contributed by atoms with van der Waals surface area (Å²) in [6, 6.07) is 13.3. The molecule has 152 valence electrons. The standard InChI is InChI=1S/C22H25N3O3S/c1-27-20-5-3-4-19(21(20)28-2)22-23-16(15-29-22)14-24-10-12-25(13-11-24)17-6-8-18(26)9-7-17/h3-9,15,26H,10-14H2,1-2H3/p+1. The van der Waals surface area contributed by atoms with Gasteiger partial charge in [0.25, 0.3) is 0 Å². The van der Waals surface area contributed by atoms with Gasteiger partial charge in [-0.15, -0.1) is 11.3 Å². The number of nitrogens with zero attached hydrogens (tertiary/aromatic N) is 2. The van der Waals surface area contributed by atoms with Crippen molar-refractivity contribution < 1.29 is 19.5 Å². The molecule has 1 aliphatic heterocycles. The number of aromatic nitrogens is 1. The highest BCUT2D eigenvalue weighted by molar-refractivity contribution is 7.13. The quantitative estimate of drug-likeness (QED) is 0.651. The van der Waals surface area contributed by atoms with Gasteiger partial charge in [0.2, 0.25) is 0 Å². The van der Waals surface area contributed by atoms with Gasteiger partial charge in [-0.2, -0.15) is 0 Å². The van der Waals surface area contributed by atoms with E-state index in [1.165, 1.54) is 10.6 Å². The Kier molecular flexibility index (Phi) is 5.87. The predicted octanol–water partition coefficient (Wildman–Crippen LogP) is 2.44. The zero-order chi connectivity index (χ0) is 20.2. The second-order valence-corrected chi connectivity index (χ2v) is 7.97. The van der Waals surface area contributed by atoms with Gasteiger partial charge in [-0.05, 0) is 36.4 Å². The maximum atomic E-state index is 9.46. The van der Waals surface area contributed by atoms with Gasteiger partial charge in [0, 0.05) is 11.1 Å². The van der Waals surface area contributed by atoms with Gasteiger partial charge in [0.1, 0.15) is 23.0 Å². The molecular formula is C22H26N3O3S+. The van der Waals surface area contributed by atoms with Crippen molar-refractivity contribution >= 4 is 17.0 Å². The van der Waals surface area contributed by atoms with Crippen molar-refractivity contribution in [3.8, 4) is 27.8 Å². The lowest BCUT2D eigenvalue weighted by Gasteiger charge is -2.33. The van der Waals surface area contributed by atoms with Crippen LogP contribution in [0.1, 0.15) is 5.69 Å². The fourth-order valence-electron chi connectivity index (χ4n) is 3.74. The highest BCUT2D eigenvalue weighted by Gasteiger charge is 2.22. The third kappa shape index (κ3) is 4.31. The molecule has 0 saturated carbocycles. The van der Waals surface area contributed by atoms with Crippen LogP contribution < -0.4 is 19.3 Å². The van der Waals surface area contributed by atoms with Crippen molar-refractivity contribution in [2.75, 3.05) is 45.3 Å². The normalized spacial score (nSPS) is 14.8. The van der Waals surface area contributed by atoms with E-state index < -0.39 is 0 Å². The molecule has 0 amide bonds. The molecule has 7 heteroatoms. The Morgan fingerprint density at radius 3 is 2.52 bits per heavy atom. The molecule has 1 saturated heterocycles. The highest BCUT2D eigenvalue weighted by atomic mass is 32.1. The van der Waals surface area contributed by atoms with E-state index in [1.807, 2.05) is 30.3 Å². The van der Waals surface area contributed by atoms with Crippen LogP contribution in [-0.4, -0.2) is 50.5 Å². The number of benzene rings is 2. The van der Waals surface area contributed by atoms with E-state index in [0.717, 1.165) is 60.5 Å². The maximum absolute atomic E-state index is 9.46. The molecule has 0 unspecified atom stereocenters. The number of thiazole rings is 1. The molecule has 29 heavy (non-hydrogen) atoms. The summed E-state index contributed by atoms with van der Waals surface area (Å²) < 4.78 is 11.0. The van der Waals surface area contributed by atoms with E-state index in [0.29, 0.717) is 5.75 Å². The number of aromatic hydroxyl groups is 1. The minimum Gasteiger partial charge on any atom is -0.508 e. The number of ether oxygens (including phenoxy) is 2. The van der Waals surface area contributed by atoms with Crippen molar-refractivity contribution in [3.63, 3.8) is 0 Å². The topological polar surface area (TPSA) is 59.3 Å². The first kappa shape index (κ1) is 19.5. The van der Waals surface area contributed by atoms with Crippen LogP contribution >= 0.6 is 11.3 Å². The van der Waals surface area contributed by atoms with Crippen LogP contribution in [0.5, 0.6) is 17.2 Å². The van der Waals surface area contributed by atoms with Crippen molar-refractivity contribution in [1.29, 1.82) is 0 Å². The molecular weight excluding hydrogens is 386 g/mol. The van der Waals surface area contributed by atoms with Crippen molar-refractivity contribution in [1.82, 2.24) is 4.98 Å². The largest absolute Gasteiger partial charge is 0.508 e. The summed E-state index contributed by atoms with van der Waals surface area (Å²) in [5, 5.41) is 12.6. The first-order valence-electron chi connectivity index (χ1n) is 9.71. The van der Waals surface area contributed by atoms with Crippen LogP contribution in [0, 0.1) is 0 Å². The molecule has 0 aliphatic carbocycles. The number of phenolic OH excluding ortho intramolecular Hbond substituents is 1. The number of rotatable bonds is 6. The summed E-state index contributed by atoms with van der Waals surface area (Å²) in [5.74, 6) is 1.76. The molecule has 1 aliphatic rings. The Balaban J connectivity index is 1.40. The highest BCUT2D eigenvalue weighted by Crippen LogP contribution is 2.38. The second kappa shape index (κ2) is 8.71. The van der Waals surface area contributed by atoms with E-state index in [9.17, 15) is 5.11 Å². The number of para-hydroxylation sites is 1. The van der Waals surface area contributed by atoms with Crippen molar-refractivity contribution in [2.24, 2.45) is 0 Å². The first-order valence-corrected chi connectivity index (χ1v) is 10.6. The van der Waals surface area contributed by atoms with Gasteiger partial charge in [-0.25, -0.2) is 4.98 Å². The Labute approximate surface area is 174 Å². The van der Waals surface area contributed by atoms with E-state index >= 15 is 0 Å². The molecule has 4 rings (SSSR count). The van der Waals surface area contributed by atoms with Gasteiger partial charge in [-0.1, -0.05) is 6.07 Å². The molecule has 2 aromatic carbocycles. The minimum atomic E-state index is 0.310. The van der Waals surface area contributed by atoms with E-state index in [2.05, 4.69) is 10.3 Å². The SMILES string of the molecule is COc1cccc(-c2nc(C[NH+]3CCN(c4ccc(O)cc4)CC3)cs2)c1OC. The van der Waals surface area contributed by atoms with Crippen molar-refractivity contribution in [2.45, 2.75) is 6.54 Å². The third-order valence-corrected chi connectivity index (χ3v) is 6.23. The fraction of sp³-hybridized carbons (Fsp3) is 0.318. The molecule has 6 nitrogen and oxygen atoms in total. The van der Waals surface area contributed by atoms with Gasteiger partial charge >= 0.3 is 0 Å². The average Bonchev–Trinajstić information content (AvgIpc) is 3.22. The van der Waals surface area contributed by atoms with Crippen LogP contribution in [-0.2, 0) is 6.54 Å². The Morgan fingerprint density at radius 1 is 1.07 bits per heavy atom. The van der Waals surface area contributed by atoms with Crippen LogP contribution in [0.25, 0.3) is 10.6 Å². The number of anilines is 1. The predicted molar refractivity (Wildman–Crippen MR) is 115 cm³/mol. The molecule has 0 radical (unpaired) electrons. The first-order chi connectivity index (χ1) is 14.2. The summed E-state index contributed by atoms with van der Waals surface area (Å²) in [7, 11) is 3.31. The molecule has 2 N–H and O–H groups in total. The lowest BCUT2D eigenvalue weighted by Crippen LogP contribution is -3.13. The summed E-state index contributed by atoms with van der Waals surface area (Å²) >= 11 is 1.64. The Bertz CT molecular complexity index is 950. The number of piperazine rings is 1. The van der Waals surface area contributed by atoms with Crippen LogP contribution in [0.2, 0.25) is 0 Å². The van der Waals surface area contributed by atoms with Crippen LogP contribution in [0.15, 0.2) is 47.8 Å². The zero-order valence-electron chi connectivity index (χ0n) is 16.7. The summed E-state index contributed by atoms with van der Waals surface area (Å²) in [6.07, 6.45) is 0. The van der Waals surface area contributed by atoms with Gasteiger partial charge in [-0.3, -0.25) is 0 Å². The number of nitrogens with one attached hydrogen (secondary N) is 1. The van der Waals surface area contributed by atoms with Gasteiger partial charge < -0.3 is 24.4 Å². The lowest BCUT2D eigenvalue weighted by molar-refractivity contribution is -0.914. The molecule has 0 atom stereocenters. The van der Waals surface area contributed by atoms with E-state index in [4.69, 9.17) is 14.5 Å². The molecule has 2 heterocycles. The Hall–Kier alpha value is -2.77. The molecule has 0 bridgehead atoms. The number of quaternary nitrogens is 1. The van der Waals surface area contributed by atoms with Crippen LogP contribution in [0.4, 0.5) is 5.69 Å². The van der Waals surface area contributed by atoms with Crippen molar-refractivity contribution in [3.05, 3.63) is 53.5 Å². The fourth-order valence-corrected chi connectivity index (χ4v) is 4.59. The smallest absolute Gasteiger partial charge is 0.170 e. The van der Waals surface area contributed by atoms with Gasteiger partial charge in [0.05, 0.1) is 46.0 Å². The second-order valence-electron chi connectivity index (χ2n) is 7.12. The summed E-state index contributed by atoms with van der Waals surface area (Å²) in [5.41, 5.74) is 3.25. The lowest BCUT2D eigenvalue weighted by atomic mass is 10.2. The number of methoxy groups -OCH3 is 2. The monoisotopic (exact) mass is 412 g/mol. The van der Waals surface area contributed by atoms with E-state index in [-0.39, 0.29) is 0 Å². The average molecular weight is 413 g/mol. The molecule has 1 aromatic heterocycles. The summed E-state index contributed by atoms with van der Waals surface area (Å²) in [6.45, 7) is 5.06. The zero-order valence-corrected chi connectivity index (χ0v) is 17.5. The van der Waals surface area contributed by atoms with E-state index in [1.54, 1.807) is 37.7 Å². The number of hydrogen-bond donors (Lipinski definition) is 2. The van der Waals surface area contributed by atoms with Crippen LogP contribution in [0.3, 0.4) is 0 Å². The van der Waals surface area contributed by atoms with Gasteiger partial charge in [0.15, 0.2) is 11.5 Å². The Morgan fingerprint density at radius 2 is 1.83 bits per heavy atom. The number of hydrogen-bond acceptors (Lipinski definition) is 6. The molecule has 1 fully saturated rings. The number of phenols is 1.